The van der Waals surface area contributed by atoms with E-state index in [0.717, 1.165) is 23.1 Å². The summed E-state index contributed by atoms with van der Waals surface area (Å²) in [5.74, 6) is -0.677. The van der Waals surface area contributed by atoms with Crippen molar-refractivity contribution in [1.29, 1.82) is 0 Å². The highest BCUT2D eigenvalue weighted by atomic mass is 19.1. The van der Waals surface area contributed by atoms with Crippen molar-refractivity contribution in [1.82, 2.24) is 20.3 Å². The topological polar surface area (TPSA) is 80.1 Å². The maximum Gasteiger partial charge on any atom is 0.249 e. The van der Waals surface area contributed by atoms with Gasteiger partial charge < -0.3 is 5.32 Å². The number of nitrogens with one attached hydrogen (secondary N) is 1. The van der Waals surface area contributed by atoms with Gasteiger partial charge >= 0.3 is 0 Å². The number of fused-ring (bicyclic) bond motifs is 1. The number of amides is 2. The Morgan fingerprint density at radius 2 is 1.76 bits per heavy atom. The lowest BCUT2D eigenvalue weighted by molar-refractivity contribution is -0.127. The average Bonchev–Trinajstić information content (AvgIpc) is 3.26. The zero-order chi connectivity index (χ0) is 26.5. The fourth-order valence-electron chi connectivity index (χ4n) is 4.38. The van der Waals surface area contributed by atoms with Crippen LogP contribution in [0.15, 0.2) is 66.7 Å². The van der Waals surface area contributed by atoms with Crippen LogP contribution in [0.3, 0.4) is 0 Å². The number of carbonyl (C=O) groups excluding carboxylic acids is 2. The van der Waals surface area contributed by atoms with Gasteiger partial charge in [-0.1, -0.05) is 61.0 Å². The molecule has 8 heteroatoms. The molecule has 0 bridgehead atoms. The van der Waals surface area contributed by atoms with Gasteiger partial charge in [0.2, 0.25) is 11.8 Å². The molecular weight excluding hydrogens is 469 g/mol. The first-order valence-electron chi connectivity index (χ1n) is 12.5. The van der Waals surface area contributed by atoms with Crippen molar-refractivity contribution in [3.05, 3.63) is 89.2 Å². The predicted octanol–water partition coefficient (Wildman–Crippen LogP) is 5.12. The molecular formula is C29H32FN5O2. The van der Waals surface area contributed by atoms with E-state index < -0.39 is 11.9 Å². The molecule has 4 aromatic rings. The summed E-state index contributed by atoms with van der Waals surface area (Å²) in [5, 5.41) is 11.3. The van der Waals surface area contributed by atoms with Crippen molar-refractivity contribution >= 4 is 28.5 Å². The van der Waals surface area contributed by atoms with Gasteiger partial charge in [-0.2, -0.15) is 0 Å². The Labute approximate surface area is 216 Å². The van der Waals surface area contributed by atoms with Crippen LogP contribution in [-0.4, -0.2) is 33.4 Å². The van der Waals surface area contributed by atoms with Crippen molar-refractivity contribution in [2.24, 2.45) is 5.92 Å². The molecule has 0 saturated carbocycles. The minimum absolute atomic E-state index is 0.120. The van der Waals surface area contributed by atoms with Crippen molar-refractivity contribution < 1.29 is 14.0 Å². The number of nitrogens with zero attached hydrogens (tertiary/aromatic N) is 4. The Hall–Kier alpha value is -4.07. The van der Waals surface area contributed by atoms with Gasteiger partial charge in [-0.3, -0.25) is 14.5 Å². The summed E-state index contributed by atoms with van der Waals surface area (Å²) in [6, 6.07) is 17.8. The van der Waals surface area contributed by atoms with E-state index in [4.69, 9.17) is 0 Å². The third kappa shape index (κ3) is 6.02. The molecule has 0 fully saturated rings. The molecule has 1 N–H and O–H groups in total. The lowest BCUT2D eigenvalue weighted by Gasteiger charge is -2.33. The zero-order valence-corrected chi connectivity index (χ0v) is 21.6. The quantitative estimate of drug-likeness (QED) is 0.345. The van der Waals surface area contributed by atoms with E-state index in [1.54, 1.807) is 12.1 Å². The lowest BCUT2D eigenvalue weighted by atomic mass is 10.0. The van der Waals surface area contributed by atoms with E-state index in [1.807, 2.05) is 56.3 Å². The van der Waals surface area contributed by atoms with Crippen molar-refractivity contribution in [2.45, 2.75) is 46.7 Å². The van der Waals surface area contributed by atoms with Crippen LogP contribution in [0.25, 0.3) is 11.0 Å². The van der Waals surface area contributed by atoms with E-state index in [0.29, 0.717) is 29.2 Å². The van der Waals surface area contributed by atoms with Crippen LogP contribution in [0, 0.1) is 25.6 Å². The van der Waals surface area contributed by atoms with E-state index in [9.17, 15) is 14.0 Å². The van der Waals surface area contributed by atoms with Crippen LogP contribution >= 0.6 is 0 Å². The summed E-state index contributed by atoms with van der Waals surface area (Å²) in [5.41, 5.74) is 4.40. The molecule has 4 rings (SSSR count). The number of benzene rings is 3. The summed E-state index contributed by atoms with van der Waals surface area (Å²) >= 11 is 0. The largest absolute Gasteiger partial charge is 0.354 e. The average molecular weight is 502 g/mol. The Bertz CT molecular complexity index is 1400. The highest BCUT2D eigenvalue weighted by Gasteiger charge is 2.34. The number of hydrogen-bond acceptors (Lipinski definition) is 4. The molecule has 37 heavy (non-hydrogen) atoms. The molecule has 1 heterocycles. The standard InChI is InChI=1S/C29H32FN5O2/c1-19(2)15-16-31-29(37)28(22-10-12-23(30)13-11-22)35(25-14-9-20(3)17-21(25)4)27(36)18-34-26-8-6-5-7-24(26)32-33-34/h5-14,17,19,28H,15-16,18H2,1-4H3,(H,31,37)/t28-/m0/s1. The molecule has 0 spiro atoms. The Morgan fingerprint density at radius 3 is 2.46 bits per heavy atom. The first-order chi connectivity index (χ1) is 17.7. The van der Waals surface area contributed by atoms with E-state index in [-0.39, 0.29) is 18.4 Å². The van der Waals surface area contributed by atoms with Gasteiger partial charge in [0, 0.05) is 12.2 Å². The normalized spacial score (nSPS) is 12.1. The molecule has 1 aromatic heterocycles. The molecule has 0 aliphatic rings. The minimum atomic E-state index is -1.00. The van der Waals surface area contributed by atoms with E-state index >= 15 is 0 Å². The maximum atomic E-state index is 14.0. The van der Waals surface area contributed by atoms with Crippen LogP contribution in [-0.2, 0) is 16.1 Å². The number of para-hydroxylation sites is 1. The third-order valence-electron chi connectivity index (χ3n) is 6.30. The summed E-state index contributed by atoms with van der Waals surface area (Å²) in [6.07, 6.45) is 0.796. The minimum Gasteiger partial charge on any atom is -0.354 e. The number of hydrogen-bond donors (Lipinski definition) is 1. The van der Waals surface area contributed by atoms with Crippen LogP contribution < -0.4 is 10.2 Å². The smallest absolute Gasteiger partial charge is 0.249 e. The predicted molar refractivity (Wildman–Crippen MR) is 143 cm³/mol. The van der Waals surface area contributed by atoms with Gasteiger partial charge in [-0.15, -0.1) is 5.10 Å². The fourth-order valence-corrected chi connectivity index (χ4v) is 4.38. The molecule has 2 amide bonds. The molecule has 0 aliphatic heterocycles. The van der Waals surface area contributed by atoms with Gasteiger partial charge in [0.15, 0.2) is 0 Å². The Balaban J connectivity index is 1.79. The SMILES string of the molecule is Cc1ccc(N(C(=O)Cn2nnc3ccccc32)[C@H](C(=O)NCCC(C)C)c2ccc(F)cc2)c(C)c1. The van der Waals surface area contributed by atoms with Gasteiger partial charge in [0.05, 0.1) is 5.52 Å². The fraction of sp³-hybridized carbons (Fsp3) is 0.310. The van der Waals surface area contributed by atoms with Crippen molar-refractivity contribution in [3.8, 4) is 0 Å². The molecule has 0 radical (unpaired) electrons. The second-order valence-corrected chi connectivity index (χ2v) is 9.72. The second-order valence-electron chi connectivity index (χ2n) is 9.72. The zero-order valence-electron chi connectivity index (χ0n) is 21.6. The highest BCUT2D eigenvalue weighted by Crippen LogP contribution is 2.32. The highest BCUT2D eigenvalue weighted by molar-refractivity contribution is 6.02. The molecule has 1 atom stereocenters. The second kappa shape index (κ2) is 11.3. The van der Waals surface area contributed by atoms with Gasteiger partial charge in [0.1, 0.15) is 23.9 Å². The number of carbonyl (C=O) groups is 2. The Morgan fingerprint density at radius 1 is 1.03 bits per heavy atom. The van der Waals surface area contributed by atoms with Crippen LogP contribution in [0.2, 0.25) is 0 Å². The summed E-state index contributed by atoms with van der Waals surface area (Å²) in [4.78, 5) is 29.2. The molecule has 0 unspecified atom stereocenters. The lowest BCUT2D eigenvalue weighted by Crippen LogP contribution is -2.46. The van der Waals surface area contributed by atoms with Gasteiger partial charge in [0.25, 0.3) is 0 Å². The summed E-state index contributed by atoms with van der Waals surface area (Å²) in [6.45, 7) is 8.39. The first-order valence-corrected chi connectivity index (χ1v) is 12.5. The van der Waals surface area contributed by atoms with E-state index in [1.165, 1.54) is 21.7 Å². The van der Waals surface area contributed by atoms with Crippen LogP contribution in [0.4, 0.5) is 10.1 Å². The number of anilines is 1. The molecule has 7 nitrogen and oxygen atoms in total. The van der Waals surface area contributed by atoms with Crippen LogP contribution in [0.1, 0.15) is 43.0 Å². The molecule has 3 aromatic carbocycles. The number of rotatable bonds is 9. The van der Waals surface area contributed by atoms with Gasteiger partial charge in [-0.05, 0) is 67.6 Å². The van der Waals surface area contributed by atoms with Crippen molar-refractivity contribution in [2.75, 3.05) is 11.4 Å². The number of halogens is 1. The van der Waals surface area contributed by atoms with Gasteiger partial charge in [-0.25, -0.2) is 9.07 Å². The Kier molecular flexibility index (Phi) is 7.96. The third-order valence-corrected chi connectivity index (χ3v) is 6.30. The first kappa shape index (κ1) is 26.0. The molecule has 192 valence electrons. The van der Waals surface area contributed by atoms with E-state index in [2.05, 4.69) is 29.5 Å². The van der Waals surface area contributed by atoms with Crippen molar-refractivity contribution in [3.63, 3.8) is 0 Å². The monoisotopic (exact) mass is 501 g/mol. The number of aryl methyl sites for hydroxylation is 2. The molecule has 0 saturated heterocycles. The summed E-state index contributed by atoms with van der Waals surface area (Å²) in [7, 11) is 0. The summed E-state index contributed by atoms with van der Waals surface area (Å²) < 4.78 is 15.4. The van der Waals surface area contributed by atoms with Crippen LogP contribution in [0.5, 0.6) is 0 Å². The maximum absolute atomic E-state index is 14.0. The number of aromatic nitrogens is 3. The molecule has 0 aliphatic carbocycles.